The first-order valence-electron chi connectivity index (χ1n) is 11.5. The normalized spacial score (nSPS) is 15.9. The van der Waals surface area contributed by atoms with Crippen LogP contribution in [0.3, 0.4) is 0 Å². The topological polar surface area (TPSA) is 62.6 Å². The molecule has 1 atom stereocenters. The minimum atomic E-state index is -0.305. The van der Waals surface area contributed by atoms with Crippen molar-refractivity contribution >= 4 is 22.5 Å². The predicted molar refractivity (Wildman–Crippen MR) is 131 cm³/mol. The summed E-state index contributed by atoms with van der Waals surface area (Å²) in [5.74, 6) is 0.130. The molecule has 0 spiro atoms. The highest BCUT2D eigenvalue weighted by Gasteiger charge is 2.15. The molecule has 2 aromatic carbocycles. The lowest BCUT2D eigenvalue weighted by Gasteiger charge is -2.22. The summed E-state index contributed by atoms with van der Waals surface area (Å²) in [6.45, 7) is 1.28. The lowest BCUT2D eigenvalue weighted by molar-refractivity contribution is -0.168. The quantitative estimate of drug-likeness (QED) is 0.304. The zero-order chi connectivity index (χ0) is 24.2. The first kappa shape index (κ1) is 23.5. The van der Waals surface area contributed by atoms with Crippen molar-refractivity contribution in [3.8, 4) is 11.4 Å². The minimum absolute atomic E-state index is 0.201. The van der Waals surface area contributed by atoms with Crippen molar-refractivity contribution in [3.05, 3.63) is 99.3 Å². The third kappa shape index (κ3) is 5.70. The molecule has 2 aromatic heterocycles. The second-order valence-electron chi connectivity index (χ2n) is 8.41. The molecule has 1 aliphatic heterocycles. The average Bonchev–Trinajstić information content (AvgIpc) is 2.87. The maximum Gasteiger partial charge on any atom is 0.258 e. The van der Waals surface area contributed by atoms with Crippen LogP contribution in [0.5, 0.6) is 5.75 Å². The van der Waals surface area contributed by atoms with Crippen LogP contribution in [0, 0.1) is 5.82 Å². The Labute approximate surface area is 206 Å². The predicted octanol–water partition coefficient (Wildman–Crippen LogP) is 5.80. The van der Waals surface area contributed by atoms with Crippen LogP contribution < -0.4 is 10.3 Å². The van der Waals surface area contributed by atoms with Crippen LogP contribution in [0.1, 0.15) is 30.4 Å². The third-order valence-electron chi connectivity index (χ3n) is 5.88. The molecule has 0 radical (unpaired) electrons. The van der Waals surface area contributed by atoms with Gasteiger partial charge in [-0.2, -0.15) is 0 Å². The Morgan fingerprint density at radius 3 is 2.69 bits per heavy atom. The fourth-order valence-corrected chi connectivity index (χ4v) is 4.16. The smallest absolute Gasteiger partial charge is 0.258 e. The molecule has 0 bridgehead atoms. The van der Waals surface area contributed by atoms with Crippen molar-refractivity contribution in [3.63, 3.8) is 0 Å². The Kier molecular flexibility index (Phi) is 7.08. The molecule has 1 fully saturated rings. The van der Waals surface area contributed by atoms with Crippen molar-refractivity contribution in [2.75, 3.05) is 6.61 Å². The van der Waals surface area contributed by atoms with E-state index >= 15 is 0 Å². The molecule has 0 amide bonds. The van der Waals surface area contributed by atoms with Gasteiger partial charge in [0.15, 0.2) is 6.29 Å². The van der Waals surface area contributed by atoms with Gasteiger partial charge in [0.05, 0.1) is 17.8 Å². The van der Waals surface area contributed by atoms with Crippen molar-refractivity contribution in [1.82, 2.24) is 9.55 Å². The Balaban J connectivity index is 1.30. The summed E-state index contributed by atoms with van der Waals surface area (Å²) in [5, 5.41) is 1.26. The number of rotatable bonds is 7. The molecule has 0 saturated carbocycles. The van der Waals surface area contributed by atoms with Crippen LogP contribution in [-0.2, 0) is 22.7 Å². The van der Waals surface area contributed by atoms with E-state index in [9.17, 15) is 9.18 Å². The summed E-state index contributed by atoms with van der Waals surface area (Å²) in [7, 11) is 0. The van der Waals surface area contributed by atoms with Crippen LogP contribution in [0.15, 0.2) is 71.7 Å². The molecule has 35 heavy (non-hydrogen) atoms. The van der Waals surface area contributed by atoms with Crippen LogP contribution in [0.25, 0.3) is 16.6 Å². The number of benzene rings is 2. The van der Waals surface area contributed by atoms with E-state index in [0.29, 0.717) is 28.7 Å². The molecule has 6 nitrogen and oxygen atoms in total. The average molecular weight is 495 g/mol. The van der Waals surface area contributed by atoms with Gasteiger partial charge in [0, 0.05) is 29.8 Å². The van der Waals surface area contributed by atoms with Gasteiger partial charge in [-0.05, 0) is 61.2 Å². The second kappa shape index (κ2) is 10.6. The lowest BCUT2D eigenvalue weighted by atomic mass is 10.1. The highest BCUT2D eigenvalue weighted by atomic mass is 35.5. The lowest BCUT2D eigenvalue weighted by Crippen LogP contribution is -2.22. The van der Waals surface area contributed by atoms with Gasteiger partial charge in [-0.3, -0.25) is 9.36 Å². The van der Waals surface area contributed by atoms with E-state index in [-0.39, 0.29) is 24.3 Å². The molecule has 8 heteroatoms. The molecule has 1 saturated heterocycles. The van der Waals surface area contributed by atoms with Crippen molar-refractivity contribution in [2.24, 2.45) is 0 Å². The van der Waals surface area contributed by atoms with E-state index in [1.807, 2.05) is 24.3 Å². The van der Waals surface area contributed by atoms with Crippen molar-refractivity contribution in [2.45, 2.75) is 38.8 Å². The molecule has 0 N–H and O–H groups in total. The van der Waals surface area contributed by atoms with Gasteiger partial charge in [0.25, 0.3) is 5.56 Å². The largest absolute Gasteiger partial charge is 0.489 e. The summed E-state index contributed by atoms with van der Waals surface area (Å²) in [6, 6.07) is 16.7. The van der Waals surface area contributed by atoms with Gasteiger partial charge >= 0.3 is 0 Å². The van der Waals surface area contributed by atoms with Gasteiger partial charge in [-0.1, -0.05) is 29.8 Å². The van der Waals surface area contributed by atoms with Crippen LogP contribution in [-0.4, -0.2) is 22.4 Å². The molecule has 1 aliphatic rings. The first-order valence-corrected chi connectivity index (χ1v) is 11.9. The van der Waals surface area contributed by atoms with Crippen LogP contribution >= 0.6 is 11.6 Å². The first-order chi connectivity index (χ1) is 17.0. The van der Waals surface area contributed by atoms with Crippen molar-refractivity contribution in [1.29, 1.82) is 0 Å². The maximum absolute atomic E-state index is 13.0. The number of pyridine rings is 2. The van der Waals surface area contributed by atoms with E-state index in [2.05, 4.69) is 4.98 Å². The summed E-state index contributed by atoms with van der Waals surface area (Å²) in [4.78, 5) is 17.3. The Morgan fingerprint density at radius 1 is 1.06 bits per heavy atom. The number of aromatic nitrogens is 2. The summed E-state index contributed by atoms with van der Waals surface area (Å²) in [6.07, 6.45) is 4.49. The maximum atomic E-state index is 13.0. The molecule has 5 rings (SSSR count). The molecule has 3 heterocycles. The van der Waals surface area contributed by atoms with Crippen molar-refractivity contribution < 1.29 is 18.6 Å². The fourth-order valence-electron chi connectivity index (χ4n) is 3.96. The number of hydrogen-bond acceptors (Lipinski definition) is 5. The third-order valence-corrected chi connectivity index (χ3v) is 6.21. The number of halogens is 2. The molecule has 180 valence electrons. The van der Waals surface area contributed by atoms with E-state index in [0.717, 1.165) is 42.4 Å². The molecule has 4 aromatic rings. The number of fused-ring (bicyclic) bond motifs is 1. The fraction of sp³-hybridized carbons (Fsp3) is 0.259. The summed E-state index contributed by atoms with van der Waals surface area (Å²) < 4.78 is 31.7. The standard InChI is InChI=1S/C27H24ClFN2O4/c28-27-20(17-35-26-3-1-2-12-33-26)13-19-6-9-22(14-24(19)30-27)31-11-10-23(15-25(31)32)34-16-18-4-7-21(29)8-5-18/h4-11,13-15,26H,1-3,12,16-17H2. The zero-order valence-electron chi connectivity index (χ0n) is 19.0. The van der Waals surface area contributed by atoms with Crippen LogP contribution in [0.4, 0.5) is 4.39 Å². The Hall–Kier alpha value is -3.26. The number of ether oxygens (including phenoxy) is 3. The van der Waals surface area contributed by atoms with E-state index in [1.165, 1.54) is 22.8 Å². The summed E-state index contributed by atoms with van der Waals surface area (Å²) >= 11 is 6.43. The SMILES string of the molecule is O=c1cc(OCc2ccc(F)cc2)ccn1-c1ccc2cc(COC3CCCCO3)c(Cl)nc2c1. The van der Waals surface area contributed by atoms with Gasteiger partial charge in [0.1, 0.15) is 23.3 Å². The van der Waals surface area contributed by atoms with Crippen LogP contribution in [0.2, 0.25) is 5.15 Å². The van der Waals surface area contributed by atoms with E-state index < -0.39 is 0 Å². The monoisotopic (exact) mass is 494 g/mol. The number of nitrogens with zero attached hydrogens (tertiary/aromatic N) is 2. The van der Waals surface area contributed by atoms with E-state index in [1.54, 1.807) is 24.4 Å². The molecule has 0 aliphatic carbocycles. The molecular formula is C27H24ClFN2O4. The highest BCUT2D eigenvalue weighted by Crippen LogP contribution is 2.25. The number of hydrogen-bond donors (Lipinski definition) is 0. The molecule has 1 unspecified atom stereocenters. The second-order valence-corrected chi connectivity index (χ2v) is 8.77. The zero-order valence-corrected chi connectivity index (χ0v) is 19.7. The highest BCUT2D eigenvalue weighted by molar-refractivity contribution is 6.30. The molecular weight excluding hydrogens is 471 g/mol. The van der Waals surface area contributed by atoms with Gasteiger partial charge in [-0.25, -0.2) is 9.37 Å². The summed E-state index contributed by atoms with van der Waals surface area (Å²) in [5.41, 5.74) is 2.69. The Morgan fingerprint density at radius 2 is 1.91 bits per heavy atom. The van der Waals surface area contributed by atoms with Gasteiger partial charge in [-0.15, -0.1) is 0 Å². The van der Waals surface area contributed by atoms with Gasteiger partial charge in [0.2, 0.25) is 0 Å². The van der Waals surface area contributed by atoms with E-state index in [4.69, 9.17) is 25.8 Å². The Bertz CT molecular complexity index is 1380. The minimum Gasteiger partial charge on any atom is -0.489 e. The van der Waals surface area contributed by atoms with Gasteiger partial charge < -0.3 is 14.2 Å².